The summed E-state index contributed by atoms with van der Waals surface area (Å²) in [5, 5.41) is 96.5. The van der Waals surface area contributed by atoms with Crippen molar-refractivity contribution in [2.45, 2.75) is 106 Å². The summed E-state index contributed by atoms with van der Waals surface area (Å²) in [6.45, 7) is -0.117. The third kappa shape index (κ3) is 7.05. The van der Waals surface area contributed by atoms with Crippen molar-refractivity contribution in [2.75, 3.05) is 19.8 Å². The summed E-state index contributed by atoms with van der Waals surface area (Å²) in [4.78, 5) is 23.5. The van der Waals surface area contributed by atoms with E-state index in [9.17, 15) is 55.5 Å². The molecule has 3 fully saturated rings. The van der Waals surface area contributed by atoms with E-state index in [0.29, 0.717) is 0 Å². The molecule has 0 bridgehead atoms. The van der Waals surface area contributed by atoms with Gasteiger partial charge in [-0.2, -0.15) is 0 Å². The predicted molar refractivity (Wildman–Crippen MR) is 124 cm³/mol. The van der Waals surface area contributed by atoms with Crippen molar-refractivity contribution in [3.63, 3.8) is 0 Å². The van der Waals surface area contributed by atoms with E-state index >= 15 is 0 Å². The molecule has 0 aliphatic carbocycles. The molecule has 15 atom stereocenters. The number of aliphatic hydroxyl groups is 9. The highest BCUT2D eigenvalue weighted by atomic mass is 16.7. The summed E-state index contributed by atoms with van der Waals surface area (Å²) in [6, 6.07) is -2.87. The molecule has 40 heavy (non-hydrogen) atoms. The van der Waals surface area contributed by atoms with Gasteiger partial charge in [-0.25, -0.2) is 0 Å². The zero-order valence-corrected chi connectivity index (χ0v) is 21.7. The van der Waals surface area contributed by atoms with Crippen molar-refractivity contribution in [2.24, 2.45) is 0 Å². The van der Waals surface area contributed by atoms with Crippen LogP contribution in [0, 0.1) is 0 Å². The zero-order chi connectivity index (χ0) is 29.9. The predicted octanol–water partition coefficient (Wildman–Crippen LogP) is -7.29. The monoisotopic (exact) mass is 586 g/mol. The molecule has 0 aromatic carbocycles. The van der Waals surface area contributed by atoms with Gasteiger partial charge in [-0.05, 0) is 0 Å². The fraction of sp³-hybridized carbons (Fsp3) is 0.909. The molecule has 18 nitrogen and oxygen atoms in total. The van der Waals surface area contributed by atoms with Crippen molar-refractivity contribution in [1.82, 2.24) is 10.6 Å². The smallest absolute Gasteiger partial charge is 0.217 e. The molecule has 11 N–H and O–H groups in total. The molecule has 18 heteroatoms. The van der Waals surface area contributed by atoms with Gasteiger partial charge >= 0.3 is 0 Å². The van der Waals surface area contributed by atoms with E-state index in [1.807, 2.05) is 0 Å². The summed E-state index contributed by atoms with van der Waals surface area (Å²) in [5.74, 6) is -1.30. The van der Waals surface area contributed by atoms with E-state index in [-0.39, 0.29) is 0 Å². The molecule has 3 aliphatic heterocycles. The quantitative estimate of drug-likeness (QED) is 0.120. The lowest BCUT2D eigenvalue weighted by Gasteiger charge is -2.49. The number of carbonyl (C=O) groups is 2. The van der Waals surface area contributed by atoms with Gasteiger partial charge < -0.3 is 80.3 Å². The first kappa shape index (κ1) is 32.9. The number of hydrogen-bond acceptors (Lipinski definition) is 16. The molecule has 0 spiro atoms. The summed E-state index contributed by atoms with van der Waals surface area (Å²) < 4.78 is 27.7. The molecule has 0 radical (unpaired) electrons. The van der Waals surface area contributed by atoms with Crippen molar-refractivity contribution < 1.29 is 79.2 Å². The van der Waals surface area contributed by atoms with Crippen LogP contribution in [-0.4, -0.2) is 170 Å². The first-order valence-electron chi connectivity index (χ1n) is 12.6. The van der Waals surface area contributed by atoms with Gasteiger partial charge in [-0.15, -0.1) is 0 Å². The molecule has 0 saturated carbocycles. The van der Waals surface area contributed by atoms with Gasteiger partial charge in [-0.3, -0.25) is 9.59 Å². The largest absolute Gasteiger partial charge is 0.394 e. The average molecular weight is 587 g/mol. The molecule has 3 saturated heterocycles. The topological polar surface area (TPSA) is 286 Å². The summed E-state index contributed by atoms with van der Waals surface area (Å²) in [6.07, 6.45) is -21.1. The minimum atomic E-state index is -1.85. The Morgan fingerprint density at radius 3 is 1.57 bits per heavy atom. The molecule has 0 aromatic heterocycles. The van der Waals surface area contributed by atoms with Crippen LogP contribution in [0.5, 0.6) is 0 Å². The van der Waals surface area contributed by atoms with Crippen molar-refractivity contribution in [3.05, 3.63) is 0 Å². The molecular weight excluding hydrogens is 548 g/mol. The second-order valence-corrected chi connectivity index (χ2v) is 9.81. The number of amides is 2. The number of rotatable bonds is 9. The Morgan fingerprint density at radius 2 is 1.05 bits per heavy atom. The Kier molecular flexibility index (Phi) is 11.5. The second-order valence-electron chi connectivity index (χ2n) is 9.81. The van der Waals surface area contributed by atoms with Crippen LogP contribution in [0.15, 0.2) is 0 Å². The number of aliphatic hydroxyl groups excluding tert-OH is 9. The van der Waals surface area contributed by atoms with Crippen LogP contribution >= 0.6 is 0 Å². The number of hydrogen-bond donors (Lipinski definition) is 11. The average Bonchev–Trinajstić information content (AvgIpc) is 2.90. The lowest BCUT2D eigenvalue weighted by molar-refractivity contribution is -0.360. The maximum Gasteiger partial charge on any atom is 0.217 e. The summed E-state index contributed by atoms with van der Waals surface area (Å²) in [5.41, 5.74) is 0. The van der Waals surface area contributed by atoms with Crippen LogP contribution in [0.4, 0.5) is 0 Å². The van der Waals surface area contributed by atoms with Gasteiger partial charge in [0.05, 0.1) is 19.8 Å². The van der Waals surface area contributed by atoms with Gasteiger partial charge in [0.1, 0.15) is 73.1 Å². The minimum absolute atomic E-state index is 0.623. The molecule has 3 rings (SSSR count). The first-order valence-corrected chi connectivity index (χ1v) is 12.6. The molecule has 0 unspecified atom stereocenters. The van der Waals surface area contributed by atoms with E-state index in [2.05, 4.69) is 10.6 Å². The standard InChI is InChI=1S/C22H38N2O16/c1-6(28)23-11-14(31)18(9(4-26)36-20(11)35)39-21-12(24-7(2)29)15(32)19(10(5-27)38-21)40-22-17(34)16(33)13(30)8(3-25)37-22/h8-22,25-27,30-35H,3-5H2,1-2H3,(H,23,28)(H,24,29)/t8-,9+,10+,11+,12+,13+,14+,15+,16+,17+,18+,19+,20+,21-,22-/m0/s1. The van der Waals surface area contributed by atoms with E-state index in [0.717, 1.165) is 13.8 Å². The lowest BCUT2D eigenvalue weighted by Crippen LogP contribution is -2.70. The number of ether oxygens (including phenoxy) is 5. The zero-order valence-electron chi connectivity index (χ0n) is 21.7. The fourth-order valence-corrected chi connectivity index (χ4v) is 4.87. The van der Waals surface area contributed by atoms with Gasteiger partial charge in [0.2, 0.25) is 11.8 Å². The third-order valence-electron chi connectivity index (χ3n) is 6.90. The maximum atomic E-state index is 12.0. The number of carbonyl (C=O) groups excluding carboxylic acids is 2. The molecule has 232 valence electrons. The lowest BCUT2D eigenvalue weighted by atomic mass is 9.94. The van der Waals surface area contributed by atoms with Crippen LogP contribution in [0.2, 0.25) is 0 Å². The van der Waals surface area contributed by atoms with Crippen LogP contribution < -0.4 is 10.6 Å². The SMILES string of the molecule is CC(=O)N[C@@H]1[C@@H](O)[C@H](O[C@@H]2O[C@H](CO)[C@@H](O[C@@H]3O[C@@H](CO)[C@@H](O)[C@@H](O)[C@H]3O)[C@H](O)[C@H]2NC(C)=O)[C@@H](CO)O[C@H]1O. The highest BCUT2D eigenvalue weighted by Gasteiger charge is 2.54. The van der Waals surface area contributed by atoms with Gasteiger partial charge in [0.15, 0.2) is 18.9 Å². The van der Waals surface area contributed by atoms with Crippen LogP contribution in [0.25, 0.3) is 0 Å². The van der Waals surface area contributed by atoms with E-state index in [1.165, 1.54) is 0 Å². The molecule has 0 aromatic rings. The van der Waals surface area contributed by atoms with Gasteiger partial charge in [0, 0.05) is 13.8 Å². The molecule has 3 heterocycles. The van der Waals surface area contributed by atoms with E-state index in [4.69, 9.17) is 23.7 Å². The Balaban J connectivity index is 1.85. The molecule has 2 amide bonds. The fourth-order valence-electron chi connectivity index (χ4n) is 4.87. The second kappa shape index (κ2) is 14.0. The Morgan fingerprint density at radius 1 is 0.600 bits per heavy atom. The van der Waals surface area contributed by atoms with Crippen molar-refractivity contribution in [3.8, 4) is 0 Å². The summed E-state index contributed by atoms with van der Waals surface area (Å²) >= 11 is 0. The molecule has 3 aliphatic rings. The summed E-state index contributed by atoms with van der Waals surface area (Å²) in [7, 11) is 0. The Labute approximate surface area is 228 Å². The Bertz CT molecular complexity index is 852. The van der Waals surface area contributed by atoms with E-state index < -0.39 is 124 Å². The van der Waals surface area contributed by atoms with Crippen LogP contribution in [0.1, 0.15) is 13.8 Å². The highest BCUT2D eigenvalue weighted by Crippen LogP contribution is 2.32. The van der Waals surface area contributed by atoms with Crippen LogP contribution in [0.3, 0.4) is 0 Å². The van der Waals surface area contributed by atoms with E-state index in [1.54, 1.807) is 0 Å². The van der Waals surface area contributed by atoms with Gasteiger partial charge in [0.25, 0.3) is 0 Å². The van der Waals surface area contributed by atoms with Crippen molar-refractivity contribution in [1.29, 1.82) is 0 Å². The minimum Gasteiger partial charge on any atom is -0.394 e. The first-order chi connectivity index (χ1) is 18.8. The third-order valence-corrected chi connectivity index (χ3v) is 6.90. The maximum absolute atomic E-state index is 12.0. The highest BCUT2D eigenvalue weighted by molar-refractivity contribution is 5.73. The molecular formula is C22H38N2O16. The number of nitrogens with one attached hydrogen (secondary N) is 2. The normalized spacial score (nSPS) is 46.0. The van der Waals surface area contributed by atoms with Crippen molar-refractivity contribution >= 4 is 11.8 Å². The van der Waals surface area contributed by atoms with Gasteiger partial charge in [-0.1, -0.05) is 0 Å². The Hall–Kier alpha value is -1.62. The van der Waals surface area contributed by atoms with Crippen LogP contribution in [-0.2, 0) is 33.3 Å².